The second kappa shape index (κ2) is 14.2. The van der Waals surface area contributed by atoms with E-state index in [1.165, 1.54) is 0 Å². The molecular formula is C25H42F5O3PS. The van der Waals surface area contributed by atoms with E-state index >= 15 is 0 Å². The van der Waals surface area contributed by atoms with Gasteiger partial charge in [-0.2, -0.15) is 0 Å². The van der Waals surface area contributed by atoms with Gasteiger partial charge in [-0.05, 0) is 0 Å². The predicted octanol–water partition coefficient (Wildman–Crippen LogP) is 8.93. The average Bonchev–Trinajstić information content (AvgIpc) is 2.82. The van der Waals surface area contributed by atoms with E-state index in [0.29, 0.717) is 50.3 Å². The number of halogens is 5. The number of benzene rings is 1. The van der Waals surface area contributed by atoms with Crippen LogP contribution in [-0.4, -0.2) is 33.1 Å². The fourth-order valence-corrected chi connectivity index (χ4v) is 14.8. The van der Waals surface area contributed by atoms with E-state index in [4.69, 9.17) is 3.97 Å². The van der Waals surface area contributed by atoms with Gasteiger partial charge in [-0.25, -0.2) is 0 Å². The van der Waals surface area contributed by atoms with Gasteiger partial charge in [-0.3, -0.25) is 0 Å². The van der Waals surface area contributed by atoms with E-state index in [9.17, 15) is 30.4 Å². The van der Waals surface area contributed by atoms with Gasteiger partial charge in [0.1, 0.15) is 0 Å². The molecule has 0 unspecified atom stereocenters. The maximum absolute atomic E-state index is 14.6. The molecule has 0 fully saturated rings. The summed E-state index contributed by atoms with van der Waals surface area (Å²) >= 11 is 0. The molecule has 0 amide bonds. The molecule has 206 valence electrons. The predicted molar refractivity (Wildman–Crippen MR) is 134 cm³/mol. The second-order valence-electron chi connectivity index (χ2n) is 9.66. The molecule has 1 aromatic carbocycles. The van der Waals surface area contributed by atoms with E-state index < -0.39 is 50.9 Å². The molecule has 0 bridgehead atoms. The molecule has 0 aliphatic rings. The monoisotopic (exact) mass is 548 g/mol. The van der Waals surface area contributed by atoms with Crippen LogP contribution in [-0.2, 0) is 14.1 Å². The summed E-state index contributed by atoms with van der Waals surface area (Å²) in [7, 11) is -5.28. The summed E-state index contributed by atoms with van der Waals surface area (Å²) in [5, 5.41) is 0. The number of hydrogen-bond acceptors (Lipinski definition) is 3. The third kappa shape index (κ3) is 8.10. The maximum atomic E-state index is 14.6. The summed E-state index contributed by atoms with van der Waals surface area (Å²) in [5.41, 5.74) is 0. The molecule has 0 aliphatic heterocycles. The summed E-state index contributed by atoms with van der Waals surface area (Å²) in [5.74, 6) is -11.7. The molecular weight excluding hydrogens is 506 g/mol. The van der Waals surface area contributed by atoms with Crippen molar-refractivity contribution in [3.63, 3.8) is 0 Å². The van der Waals surface area contributed by atoms with Gasteiger partial charge in [0.25, 0.3) is 0 Å². The minimum absolute atomic E-state index is 0.449. The molecule has 1 rings (SSSR count). The van der Waals surface area contributed by atoms with Crippen LogP contribution >= 0.6 is 6.83 Å². The molecule has 0 aliphatic carbocycles. The van der Waals surface area contributed by atoms with Crippen molar-refractivity contribution in [2.45, 2.75) is 103 Å². The van der Waals surface area contributed by atoms with Crippen LogP contribution < -0.4 is 0 Å². The zero-order valence-electron chi connectivity index (χ0n) is 21.6. The fraction of sp³-hybridized carbons (Fsp3) is 0.760. The van der Waals surface area contributed by atoms with Crippen molar-refractivity contribution in [1.29, 1.82) is 0 Å². The Labute approximate surface area is 208 Å². The van der Waals surface area contributed by atoms with Crippen LogP contribution in [0.1, 0.15) is 98.3 Å². The first-order valence-electron chi connectivity index (χ1n) is 12.9. The van der Waals surface area contributed by atoms with Crippen LogP contribution in [0, 0.1) is 29.1 Å². The third-order valence-corrected chi connectivity index (χ3v) is 15.9. The van der Waals surface area contributed by atoms with Gasteiger partial charge in [0.15, 0.2) is 0 Å². The molecule has 35 heavy (non-hydrogen) atoms. The molecule has 3 nitrogen and oxygen atoms in total. The zero-order chi connectivity index (χ0) is 26.7. The molecule has 1 aromatic rings. The molecule has 0 radical (unpaired) electrons. The summed E-state index contributed by atoms with van der Waals surface area (Å²) in [6.07, 6.45) is 10.7. The number of hydrogen-bond donors (Lipinski definition) is 0. The normalized spacial score (nSPS) is 13.7. The average molecular weight is 549 g/mol. The summed E-state index contributed by atoms with van der Waals surface area (Å²) in [6, 6.07) is 0. The van der Waals surface area contributed by atoms with E-state index in [-0.39, 0.29) is 0 Å². The van der Waals surface area contributed by atoms with Gasteiger partial charge >= 0.3 is 208 Å². The van der Waals surface area contributed by atoms with Crippen molar-refractivity contribution >= 4 is 16.9 Å². The Morgan fingerprint density at radius 3 is 1.29 bits per heavy atom. The number of rotatable bonds is 18. The standard InChI is InChI=1S/C25H42F5O3PS/c1-5-9-13-14-15-19-34(16-10-6-2,17-11-7-3,18-12-8-4)33-35(31,32)25-23(29)21(27)20(26)22(28)24(25)30/h5-19H2,1-4H3. The third-order valence-electron chi connectivity index (χ3n) is 6.79. The van der Waals surface area contributed by atoms with E-state index in [1.54, 1.807) is 0 Å². The van der Waals surface area contributed by atoms with Crippen LogP contribution in [0.25, 0.3) is 0 Å². The first kappa shape index (κ1) is 32.2. The molecule has 0 heterocycles. The second-order valence-corrected chi connectivity index (χ2v) is 17.1. The van der Waals surface area contributed by atoms with E-state index in [0.717, 1.165) is 44.9 Å². The topological polar surface area (TPSA) is 43.4 Å². The molecule has 0 spiro atoms. The summed E-state index contributed by atoms with van der Waals surface area (Å²) in [6.45, 7) is 4.33. The Balaban J connectivity index is 3.71. The van der Waals surface area contributed by atoms with Crippen LogP contribution in [0.5, 0.6) is 0 Å². The molecule has 0 saturated carbocycles. The van der Waals surface area contributed by atoms with Gasteiger partial charge < -0.3 is 0 Å². The molecule has 0 saturated heterocycles. The fourth-order valence-electron chi connectivity index (χ4n) is 4.73. The Kier molecular flexibility index (Phi) is 13.1. The minimum atomic E-state index is -5.28. The van der Waals surface area contributed by atoms with Crippen molar-refractivity contribution in [3.8, 4) is 0 Å². The van der Waals surface area contributed by atoms with Crippen molar-refractivity contribution in [2.24, 2.45) is 0 Å². The Hall–Kier alpha value is -0.790. The van der Waals surface area contributed by atoms with Crippen LogP contribution in [0.15, 0.2) is 4.90 Å². The first-order valence-corrected chi connectivity index (χ1v) is 17.2. The van der Waals surface area contributed by atoms with Crippen molar-refractivity contribution < 1.29 is 34.3 Å². The Bertz CT molecular complexity index is 871. The SMILES string of the molecule is CCCCCCCP(CCCC)(CCCC)(CCCC)OS(=O)(=O)c1c(F)c(F)c(F)c(F)c1F. The summed E-state index contributed by atoms with van der Waals surface area (Å²) < 4.78 is 103. The van der Waals surface area contributed by atoms with Crippen LogP contribution in [0.3, 0.4) is 0 Å². The Morgan fingerprint density at radius 1 is 0.543 bits per heavy atom. The quantitative estimate of drug-likeness (QED) is 0.0605. The van der Waals surface area contributed by atoms with Gasteiger partial charge in [-0.1, -0.05) is 0 Å². The van der Waals surface area contributed by atoms with Crippen LogP contribution in [0.4, 0.5) is 22.0 Å². The van der Waals surface area contributed by atoms with Gasteiger partial charge in [0, 0.05) is 0 Å². The summed E-state index contributed by atoms with van der Waals surface area (Å²) in [4.78, 5) is -1.88. The van der Waals surface area contributed by atoms with E-state index in [1.807, 2.05) is 20.8 Å². The van der Waals surface area contributed by atoms with Gasteiger partial charge in [-0.15, -0.1) is 0 Å². The molecule has 0 aromatic heterocycles. The Morgan fingerprint density at radius 2 is 0.886 bits per heavy atom. The van der Waals surface area contributed by atoms with Gasteiger partial charge in [0.05, 0.1) is 0 Å². The van der Waals surface area contributed by atoms with Crippen molar-refractivity contribution in [1.82, 2.24) is 0 Å². The molecule has 0 atom stereocenters. The van der Waals surface area contributed by atoms with Crippen molar-refractivity contribution in [2.75, 3.05) is 24.6 Å². The van der Waals surface area contributed by atoms with Gasteiger partial charge in [0.2, 0.25) is 0 Å². The zero-order valence-corrected chi connectivity index (χ0v) is 23.3. The first-order chi connectivity index (χ1) is 16.4. The van der Waals surface area contributed by atoms with Crippen LogP contribution in [0.2, 0.25) is 0 Å². The molecule has 10 heteroatoms. The van der Waals surface area contributed by atoms with E-state index in [2.05, 4.69) is 6.92 Å². The molecule has 0 N–H and O–H groups in total. The number of unbranched alkanes of at least 4 members (excludes halogenated alkanes) is 7. The van der Waals surface area contributed by atoms with Crippen molar-refractivity contribution in [3.05, 3.63) is 29.1 Å².